The van der Waals surface area contributed by atoms with E-state index in [1.807, 2.05) is 31.2 Å². The van der Waals surface area contributed by atoms with Crippen LogP contribution in [-0.2, 0) is 4.79 Å². The van der Waals surface area contributed by atoms with Crippen molar-refractivity contribution in [1.29, 1.82) is 0 Å². The maximum Gasteiger partial charge on any atom is 0.281 e. The van der Waals surface area contributed by atoms with E-state index in [2.05, 4.69) is 5.32 Å². The minimum Gasteiger partial charge on any atom is -0.496 e. The number of ether oxygens (including phenoxy) is 3. The van der Waals surface area contributed by atoms with E-state index in [0.717, 1.165) is 11.3 Å². The van der Waals surface area contributed by atoms with Gasteiger partial charge in [0.2, 0.25) is 0 Å². The maximum absolute atomic E-state index is 13.0. The molecule has 27 heavy (non-hydrogen) atoms. The Morgan fingerprint density at radius 1 is 1.00 bits per heavy atom. The predicted molar refractivity (Wildman–Crippen MR) is 108 cm³/mol. The molecule has 0 bridgehead atoms. The molecule has 0 unspecified atom stereocenters. The normalized spacial score (nSPS) is 15.1. The second-order valence-corrected chi connectivity index (χ2v) is 6.25. The van der Waals surface area contributed by atoms with Gasteiger partial charge in [0.1, 0.15) is 11.4 Å². The Morgan fingerprint density at radius 3 is 2.26 bits per heavy atom. The molecule has 1 fully saturated rings. The minimum absolute atomic E-state index is 0.230. The Balaban J connectivity index is 2.03. The number of hydrogen-bond donors (Lipinski definition) is 1. The predicted octanol–water partition coefficient (Wildman–Crippen LogP) is 3.28. The standard InChI is InChI=1S/C20H20N2O4S/c1-12-7-5-6-8-15(12)22-19(23)14(21-20(22)27)9-13-10-17(25-3)18(26-4)11-16(13)24-2/h5-11H,1-4H3,(H,21,27)/b14-9+. The van der Waals surface area contributed by atoms with Crippen LogP contribution in [-0.4, -0.2) is 32.3 Å². The van der Waals surface area contributed by atoms with Crippen LogP contribution in [0.3, 0.4) is 0 Å². The molecule has 0 atom stereocenters. The number of methoxy groups -OCH3 is 3. The van der Waals surface area contributed by atoms with Crippen LogP contribution in [0.25, 0.3) is 6.08 Å². The largest absolute Gasteiger partial charge is 0.496 e. The monoisotopic (exact) mass is 384 g/mol. The number of benzene rings is 2. The van der Waals surface area contributed by atoms with Gasteiger partial charge in [0.15, 0.2) is 16.6 Å². The van der Waals surface area contributed by atoms with Gasteiger partial charge in [-0.25, -0.2) is 0 Å². The van der Waals surface area contributed by atoms with Gasteiger partial charge in [-0.1, -0.05) is 18.2 Å². The molecule has 6 nitrogen and oxygen atoms in total. The van der Waals surface area contributed by atoms with Crippen molar-refractivity contribution in [2.75, 3.05) is 26.2 Å². The molecule has 2 aromatic carbocycles. The molecule has 1 N–H and O–H groups in total. The van der Waals surface area contributed by atoms with Gasteiger partial charge in [-0.2, -0.15) is 0 Å². The highest BCUT2D eigenvalue weighted by Gasteiger charge is 2.33. The molecule has 140 valence electrons. The van der Waals surface area contributed by atoms with E-state index in [1.54, 1.807) is 39.5 Å². The lowest BCUT2D eigenvalue weighted by atomic mass is 10.1. The van der Waals surface area contributed by atoms with Crippen molar-refractivity contribution in [1.82, 2.24) is 5.32 Å². The van der Waals surface area contributed by atoms with Crippen molar-refractivity contribution in [3.63, 3.8) is 0 Å². The van der Waals surface area contributed by atoms with Crippen LogP contribution in [0.2, 0.25) is 0 Å². The highest BCUT2D eigenvalue weighted by Crippen LogP contribution is 2.36. The number of carbonyl (C=O) groups is 1. The number of thiocarbonyl (C=S) groups is 1. The Morgan fingerprint density at radius 2 is 1.63 bits per heavy atom. The van der Waals surface area contributed by atoms with E-state index >= 15 is 0 Å². The van der Waals surface area contributed by atoms with E-state index in [4.69, 9.17) is 26.4 Å². The first-order valence-corrected chi connectivity index (χ1v) is 8.63. The van der Waals surface area contributed by atoms with E-state index in [9.17, 15) is 4.79 Å². The minimum atomic E-state index is -0.230. The third kappa shape index (κ3) is 3.46. The fourth-order valence-electron chi connectivity index (χ4n) is 2.89. The molecule has 0 radical (unpaired) electrons. The van der Waals surface area contributed by atoms with Gasteiger partial charge in [-0.3, -0.25) is 9.69 Å². The van der Waals surface area contributed by atoms with Crippen LogP contribution in [0.15, 0.2) is 42.1 Å². The molecule has 1 aliphatic heterocycles. The van der Waals surface area contributed by atoms with Crippen LogP contribution in [0.5, 0.6) is 17.2 Å². The van der Waals surface area contributed by atoms with Gasteiger partial charge in [-0.05, 0) is 42.9 Å². The van der Waals surface area contributed by atoms with Crippen LogP contribution < -0.4 is 24.4 Å². The quantitative estimate of drug-likeness (QED) is 0.631. The Hall–Kier alpha value is -3.06. The second kappa shape index (κ2) is 7.67. The lowest BCUT2D eigenvalue weighted by Gasteiger charge is -2.16. The Labute approximate surface area is 163 Å². The van der Waals surface area contributed by atoms with E-state index in [1.165, 1.54) is 4.90 Å². The smallest absolute Gasteiger partial charge is 0.281 e. The first-order valence-electron chi connectivity index (χ1n) is 8.23. The zero-order valence-corrected chi connectivity index (χ0v) is 16.3. The number of carbonyl (C=O) groups excluding carboxylic acids is 1. The third-order valence-corrected chi connectivity index (χ3v) is 4.55. The number of nitrogens with zero attached hydrogens (tertiary/aromatic N) is 1. The molecule has 3 rings (SSSR count). The molecule has 0 saturated carbocycles. The number of rotatable bonds is 5. The topological polar surface area (TPSA) is 60.0 Å². The summed E-state index contributed by atoms with van der Waals surface area (Å²) in [5.41, 5.74) is 2.73. The first kappa shape index (κ1) is 18.7. The SMILES string of the molecule is COc1cc(OC)c(OC)cc1/C=C1/NC(=S)N(c2ccccc2C)C1=O. The summed E-state index contributed by atoms with van der Waals surface area (Å²) in [5, 5.41) is 3.32. The second-order valence-electron chi connectivity index (χ2n) is 5.86. The molecule has 0 spiro atoms. The fourth-order valence-corrected chi connectivity index (χ4v) is 3.18. The lowest BCUT2D eigenvalue weighted by molar-refractivity contribution is -0.113. The highest BCUT2D eigenvalue weighted by molar-refractivity contribution is 7.80. The van der Waals surface area contributed by atoms with Crippen molar-refractivity contribution < 1.29 is 19.0 Å². The number of anilines is 1. The summed E-state index contributed by atoms with van der Waals surface area (Å²) in [7, 11) is 4.66. The summed E-state index contributed by atoms with van der Waals surface area (Å²) in [6.45, 7) is 1.93. The number of nitrogens with one attached hydrogen (secondary N) is 1. The molecule has 1 aliphatic rings. The van der Waals surface area contributed by atoms with E-state index < -0.39 is 0 Å². The summed E-state index contributed by atoms with van der Waals surface area (Å²) in [5.74, 6) is 1.40. The summed E-state index contributed by atoms with van der Waals surface area (Å²) >= 11 is 5.38. The zero-order chi connectivity index (χ0) is 19.6. The number of hydrogen-bond acceptors (Lipinski definition) is 5. The van der Waals surface area contributed by atoms with Gasteiger partial charge < -0.3 is 19.5 Å². The van der Waals surface area contributed by atoms with E-state index in [0.29, 0.717) is 33.6 Å². The number of aryl methyl sites for hydroxylation is 1. The van der Waals surface area contributed by atoms with Gasteiger partial charge in [0, 0.05) is 11.6 Å². The van der Waals surface area contributed by atoms with Gasteiger partial charge >= 0.3 is 0 Å². The Bertz CT molecular complexity index is 940. The van der Waals surface area contributed by atoms with Crippen LogP contribution in [0.4, 0.5) is 5.69 Å². The van der Waals surface area contributed by atoms with E-state index in [-0.39, 0.29) is 5.91 Å². The molecule has 1 saturated heterocycles. The summed E-state index contributed by atoms with van der Waals surface area (Å²) in [6.07, 6.45) is 1.69. The molecule has 2 aromatic rings. The summed E-state index contributed by atoms with van der Waals surface area (Å²) in [6, 6.07) is 11.0. The average molecular weight is 384 g/mol. The maximum atomic E-state index is 13.0. The summed E-state index contributed by atoms with van der Waals surface area (Å²) in [4.78, 5) is 14.5. The Kier molecular flexibility index (Phi) is 5.32. The fraction of sp³-hybridized carbons (Fsp3) is 0.200. The molecule has 1 heterocycles. The average Bonchev–Trinajstić information content (AvgIpc) is 2.95. The van der Waals surface area contributed by atoms with Gasteiger partial charge in [0.05, 0.1) is 27.0 Å². The van der Waals surface area contributed by atoms with Gasteiger partial charge in [-0.15, -0.1) is 0 Å². The van der Waals surface area contributed by atoms with Gasteiger partial charge in [0.25, 0.3) is 5.91 Å². The number of para-hydroxylation sites is 1. The van der Waals surface area contributed by atoms with Crippen molar-refractivity contribution in [2.24, 2.45) is 0 Å². The molecule has 0 aromatic heterocycles. The van der Waals surface area contributed by atoms with Crippen molar-refractivity contribution in [3.05, 3.63) is 53.2 Å². The van der Waals surface area contributed by atoms with Crippen molar-refractivity contribution in [2.45, 2.75) is 6.92 Å². The molecule has 1 amide bonds. The zero-order valence-electron chi connectivity index (χ0n) is 15.5. The molecule has 7 heteroatoms. The van der Waals surface area contributed by atoms with Crippen LogP contribution >= 0.6 is 12.2 Å². The molecular formula is C20H20N2O4S. The molecular weight excluding hydrogens is 364 g/mol. The van der Waals surface area contributed by atoms with Crippen LogP contribution in [0.1, 0.15) is 11.1 Å². The van der Waals surface area contributed by atoms with Crippen LogP contribution in [0, 0.1) is 6.92 Å². The summed E-state index contributed by atoms with van der Waals surface area (Å²) < 4.78 is 16.1. The highest BCUT2D eigenvalue weighted by atomic mass is 32.1. The third-order valence-electron chi connectivity index (χ3n) is 4.27. The first-order chi connectivity index (χ1) is 13.0. The number of amides is 1. The van der Waals surface area contributed by atoms with Crippen molar-refractivity contribution in [3.8, 4) is 17.2 Å². The molecule has 0 aliphatic carbocycles. The lowest BCUT2D eigenvalue weighted by Crippen LogP contribution is -2.30. The van der Waals surface area contributed by atoms with Crippen molar-refractivity contribution >= 4 is 35.0 Å².